The molecule has 0 aromatic heterocycles. The fourth-order valence-corrected chi connectivity index (χ4v) is 3.83. The molecule has 2 aromatic carbocycles. The predicted octanol–water partition coefficient (Wildman–Crippen LogP) is 5.25. The summed E-state index contributed by atoms with van der Waals surface area (Å²) < 4.78 is 25.1. The van der Waals surface area contributed by atoms with Gasteiger partial charge in [0.2, 0.25) is 0 Å². The number of fused-ring (bicyclic) bond motifs is 1. The number of hydrogen-bond acceptors (Lipinski definition) is 4. The monoisotopic (exact) mass is 382 g/mol. The van der Waals surface area contributed by atoms with E-state index in [0.29, 0.717) is 12.5 Å². The molecular weight excluding hydrogens is 352 g/mol. The Morgan fingerprint density at radius 3 is 1.96 bits per heavy atom. The second-order valence-corrected chi connectivity index (χ2v) is 8.08. The summed E-state index contributed by atoms with van der Waals surface area (Å²) in [7, 11) is 0. The third-order valence-corrected chi connectivity index (χ3v) is 5.87. The van der Waals surface area contributed by atoms with Crippen LogP contribution in [0.3, 0.4) is 0 Å². The first-order chi connectivity index (χ1) is 13.5. The molecule has 2 aromatic rings. The van der Waals surface area contributed by atoms with Crippen LogP contribution in [0.5, 0.6) is 0 Å². The van der Waals surface area contributed by atoms with E-state index in [1.54, 1.807) is 0 Å². The van der Waals surface area contributed by atoms with Gasteiger partial charge >= 0.3 is 0 Å². The number of ether oxygens (including phenoxy) is 4. The van der Waals surface area contributed by atoms with E-state index in [2.05, 4.69) is 76.2 Å². The number of hydrogen-bond donors (Lipinski definition) is 0. The molecule has 0 N–H and O–H groups in total. The van der Waals surface area contributed by atoms with Crippen LogP contribution in [0.1, 0.15) is 55.1 Å². The topological polar surface area (TPSA) is 36.9 Å². The van der Waals surface area contributed by atoms with Gasteiger partial charge in [0.25, 0.3) is 0 Å². The number of rotatable bonds is 4. The van der Waals surface area contributed by atoms with Crippen LogP contribution >= 0.6 is 0 Å². The lowest BCUT2D eigenvalue weighted by atomic mass is 9.92. The normalized spacial score (nSPS) is 31.2. The molecule has 28 heavy (non-hydrogen) atoms. The highest BCUT2D eigenvalue weighted by Gasteiger charge is 2.47. The zero-order chi connectivity index (χ0) is 19.7. The molecule has 2 saturated heterocycles. The molecule has 2 aliphatic rings. The highest BCUT2D eigenvalue weighted by Crippen LogP contribution is 2.40. The molecule has 2 heterocycles. The van der Waals surface area contributed by atoms with Gasteiger partial charge in [-0.2, -0.15) is 0 Å². The van der Waals surface area contributed by atoms with Crippen molar-refractivity contribution in [2.75, 3.05) is 6.61 Å². The van der Waals surface area contributed by atoms with Crippen LogP contribution < -0.4 is 0 Å². The smallest absolute Gasteiger partial charge is 0.184 e. The van der Waals surface area contributed by atoms with Gasteiger partial charge in [0, 0.05) is 11.1 Å². The zero-order valence-corrected chi connectivity index (χ0v) is 17.1. The average Bonchev–Trinajstić information content (AvgIpc) is 2.73. The lowest BCUT2D eigenvalue weighted by Gasteiger charge is -2.47. The van der Waals surface area contributed by atoms with E-state index < -0.39 is 0 Å². The molecule has 4 heteroatoms. The maximum absolute atomic E-state index is 6.44. The third-order valence-electron chi connectivity index (χ3n) is 5.87. The van der Waals surface area contributed by atoms with Crippen molar-refractivity contribution in [3.63, 3.8) is 0 Å². The minimum atomic E-state index is -0.385. The van der Waals surface area contributed by atoms with Gasteiger partial charge in [-0.3, -0.25) is 0 Å². The highest BCUT2D eigenvalue weighted by atomic mass is 16.8. The van der Waals surface area contributed by atoms with Gasteiger partial charge < -0.3 is 18.9 Å². The van der Waals surface area contributed by atoms with Gasteiger partial charge in [-0.1, -0.05) is 79.9 Å². The first-order valence-corrected chi connectivity index (χ1v) is 10.3. The van der Waals surface area contributed by atoms with Gasteiger partial charge in [0.05, 0.1) is 12.7 Å². The maximum Gasteiger partial charge on any atom is 0.184 e. The lowest BCUT2D eigenvalue weighted by Crippen LogP contribution is -2.56. The summed E-state index contributed by atoms with van der Waals surface area (Å²) in [5.41, 5.74) is 4.52. The number of aryl methyl sites for hydroxylation is 2. The quantitative estimate of drug-likeness (QED) is 0.724. The van der Waals surface area contributed by atoms with Gasteiger partial charge in [-0.15, -0.1) is 0 Å². The van der Waals surface area contributed by atoms with Crippen LogP contribution in [-0.4, -0.2) is 24.9 Å². The summed E-state index contributed by atoms with van der Waals surface area (Å²) in [5.74, 6) is 0.362. The third kappa shape index (κ3) is 4.01. The van der Waals surface area contributed by atoms with Crippen molar-refractivity contribution in [2.45, 2.75) is 65.0 Å². The molecule has 0 aliphatic carbocycles. The Hall–Kier alpha value is -1.72. The van der Waals surface area contributed by atoms with Crippen LogP contribution in [0.15, 0.2) is 48.5 Å². The molecule has 0 radical (unpaired) electrons. The molecule has 0 saturated carbocycles. The summed E-state index contributed by atoms with van der Waals surface area (Å²) in [6.45, 7) is 9.07. The van der Waals surface area contributed by atoms with Crippen LogP contribution in [0.4, 0.5) is 0 Å². The van der Waals surface area contributed by atoms with Crippen molar-refractivity contribution in [3.8, 4) is 0 Å². The van der Waals surface area contributed by atoms with Crippen LogP contribution in [0, 0.1) is 19.8 Å². The summed E-state index contributed by atoms with van der Waals surface area (Å²) in [4.78, 5) is 0. The van der Waals surface area contributed by atoms with E-state index >= 15 is 0 Å². The molecule has 150 valence electrons. The standard InChI is InChI=1S/C24H30O4/c1-5-17(4)21-22-20(26-24(27-21)19-12-8-16(3)9-13-19)14-25-23(28-22)18-10-6-15(2)7-11-18/h6-13,17,20-24H,5,14H2,1-4H3. The molecule has 6 atom stereocenters. The Morgan fingerprint density at radius 2 is 1.39 bits per heavy atom. The van der Waals surface area contributed by atoms with Crippen molar-refractivity contribution in [3.05, 3.63) is 70.8 Å². The Labute approximate surface area is 167 Å². The molecule has 0 bridgehead atoms. The van der Waals surface area contributed by atoms with E-state index in [1.165, 1.54) is 11.1 Å². The van der Waals surface area contributed by atoms with E-state index in [-0.39, 0.29) is 30.9 Å². The highest BCUT2D eigenvalue weighted by molar-refractivity contribution is 5.24. The molecular formula is C24H30O4. The van der Waals surface area contributed by atoms with E-state index in [0.717, 1.165) is 17.5 Å². The van der Waals surface area contributed by atoms with Crippen molar-refractivity contribution in [1.82, 2.24) is 0 Å². The lowest BCUT2D eigenvalue weighted by molar-refractivity contribution is -0.369. The largest absolute Gasteiger partial charge is 0.346 e. The summed E-state index contributed by atoms with van der Waals surface area (Å²) in [5, 5.41) is 0. The Kier molecular flexibility index (Phi) is 5.83. The molecule has 4 nitrogen and oxygen atoms in total. The van der Waals surface area contributed by atoms with Crippen LogP contribution in [0.2, 0.25) is 0 Å². The summed E-state index contributed by atoms with van der Waals surface area (Å²) >= 11 is 0. The summed E-state index contributed by atoms with van der Waals surface area (Å²) in [6, 6.07) is 16.6. The van der Waals surface area contributed by atoms with Crippen molar-refractivity contribution < 1.29 is 18.9 Å². The molecule has 2 fully saturated rings. The molecule has 0 amide bonds. The Morgan fingerprint density at radius 1 is 0.821 bits per heavy atom. The Bertz CT molecular complexity index is 768. The van der Waals surface area contributed by atoms with Crippen molar-refractivity contribution in [1.29, 1.82) is 0 Å². The van der Waals surface area contributed by atoms with E-state index in [9.17, 15) is 0 Å². The second kappa shape index (κ2) is 8.34. The van der Waals surface area contributed by atoms with Gasteiger partial charge in [-0.25, -0.2) is 0 Å². The molecule has 2 aliphatic heterocycles. The van der Waals surface area contributed by atoms with Crippen LogP contribution in [0.25, 0.3) is 0 Å². The Balaban J connectivity index is 1.55. The van der Waals surface area contributed by atoms with E-state index in [4.69, 9.17) is 18.9 Å². The number of benzene rings is 2. The minimum Gasteiger partial charge on any atom is -0.346 e. The van der Waals surface area contributed by atoms with Gasteiger partial charge in [0.15, 0.2) is 12.6 Å². The SMILES string of the molecule is CCC(C)C1OC(c2ccc(C)cc2)OC2COC(c3ccc(C)cc3)OC21. The van der Waals surface area contributed by atoms with Crippen molar-refractivity contribution >= 4 is 0 Å². The minimum absolute atomic E-state index is 0.0353. The first-order valence-electron chi connectivity index (χ1n) is 10.3. The fraction of sp³-hybridized carbons (Fsp3) is 0.500. The van der Waals surface area contributed by atoms with Gasteiger partial charge in [0.1, 0.15) is 12.2 Å². The average molecular weight is 383 g/mol. The van der Waals surface area contributed by atoms with Crippen LogP contribution in [-0.2, 0) is 18.9 Å². The molecule has 4 rings (SSSR count). The molecule has 6 unspecified atom stereocenters. The second-order valence-electron chi connectivity index (χ2n) is 8.08. The maximum atomic E-state index is 6.44. The summed E-state index contributed by atoms with van der Waals surface area (Å²) in [6.07, 6.45) is -0.0571. The zero-order valence-electron chi connectivity index (χ0n) is 17.1. The van der Waals surface area contributed by atoms with Crippen molar-refractivity contribution in [2.24, 2.45) is 5.92 Å². The molecule has 0 spiro atoms. The van der Waals surface area contributed by atoms with E-state index in [1.807, 2.05) is 0 Å². The fourth-order valence-electron chi connectivity index (χ4n) is 3.83. The van der Waals surface area contributed by atoms with Gasteiger partial charge in [-0.05, 0) is 19.8 Å². The first kappa shape index (κ1) is 19.6. The predicted molar refractivity (Wildman–Crippen MR) is 108 cm³/mol.